The number of methoxy groups -OCH3 is 1. The Kier molecular flexibility index (Phi) is 3.88. The average molecular weight is 223 g/mol. The van der Waals surface area contributed by atoms with Gasteiger partial charge in [-0.3, -0.25) is 4.79 Å². The van der Waals surface area contributed by atoms with Crippen LogP contribution in [0.25, 0.3) is 0 Å². The molecule has 0 aliphatic heterocycles. The predicted molar refractivity (Wildman–Crippen MR) is 57.0 cm³/mol. The number of rotatable bonds is 3. The molecule has 1 aromatic rings. The second-order valence-electron chi connectivity index (χ2n) is 3.25. The fourth-order valence-corrected chi connectivity index (χ4v) is 1.20. The van der Waals surface area contributed by atoms with Gasteiger partial charge in [0.2, 0.25) is 5.91 Å². The first-order chi connectivity index (χ1) is 7.54. The maximum atomic E-state index is 11.2. The summed E-state index contributed by atoms with van der Waals surface area (Å²) in [7, 11) is 1.24. The summed E-state index contributed by atoms with van der Waals surface area (Å²) < 4.78 is 4.49. The van der Waals surface area contributed by atoms with Crippen molar-refractivity contribution in [1.82, 2.24) is 5.32 Å². The van der Waals surface area contributed by atoms with Crippen LogP contribution in [0.1, 0.15) is 22.8 Å². The highest BCUT2D eigenvalue weighted by Crippen LogP contribution is 2.19. The number of aromatic hydroxyl groups is 1. The van der Waals surface area contributed by atoms with Crippen LogP contribution in [0.2, 0.25) is 0 Å². The van der Waals surface area contributed by atoms with Gasteiger partial charge in [0.25, 0.3) is 0 Å². The quantitative estimate of drug-likeness (QED) is 0.744. The first-order valence-corrected chi connectivity index (χ1v) is 4.69. The number of hydrogen-bond donors (Lipinski definition) is 2. The molecular formula is C11H13NO4. The molecule has 1 rings (SSSR count). The topological polar surface area (TPSA) is 75.6 Å². The molecule has 0 aliphatic rings. The number of hydrogen-bond acceptors (Lipinski definition) is 4. The zero-order valence-electron chi connectivity index (χ0n) is 9.11. The maximum Gasteiger partial charge on any atom is 0.341 e. The smallest absolute Gasteiger partial charge is 0.341 e. The summed E-state index contributed by atoms with van der Waals surface area (Å²) in [5, 5.41) is 12.1. The van der Waals surface area contributed by atoms with Gasteiger partial charge in [-0.1, -0.05) is 6.07 Å². The summed E-state index contributed by atoms with van der Waals surface area (Å²) in [4.78, 5) is 21.8. The Balaban J connectivity index is 2.82. The summed E-state index contributed by atoms with van der Waals surface area (Å²) >= 11 is 0. The monoisotopic (exact) mass is 223 g/mol. The Morgan fingerprint density at radius 2 is 2.12 bits per heavy atom. The number of carbonyl (C=O) groups excluding carboxylic acids is 2. The van der Waals surface area contributed by atoms with Gasteiger partial charge < -0.3 is 15.2 Å². The molecule has 86 valence electrons. The van der Waals surface area contributed by atoms with Gasteiger partial charge in [0.15, 0.2) is 0 Å². The number of benzene rings is 1. The number of ether oxygens (including phenoxy) is 1. The lowest BCUT2D eigenvalue weighted by atomic mass is 10.1. The van der Waals surface area contributed by atoms with E-state index in [1.165, 1.54) is 26.2 Å². The molecule has 16 heavy (non-hydrogen) atoms. The number of nitrogens with one attached hydrogen (secondary N) is 1. The van der Waals surface area contributed by atoms with Gasteiger partial charge in [0, 0.05) is 13.5 Å². The van der Waals surface area contributed by atoms with E-state index in [0.29, 0.717) is 12.1 Å². The average Bonchev–Trinajstić information content (AvgIpc) is 2.25. The lowest BCUT2D eigenvalue weighted by molar-refractivity contribution is -0.119. The van der Waals surface area contributed by atoms with E-state index in [9.17, 15) is 14.7 Å². The van der Waals surface area contributed by atoms with E-state index in [1.807, 2.05) is 0 Å². The summed E-state index contributed by atoms with van der Waals surface area (Å²) in [5.74, 6) is -0.908. The van der Waals surface area contributed by atoms with Crippen molar-refractivity contribution >= 4 is 11.9 Å². The van der Waals surface area contributed by atoms with Gasteiger partial charge in [0.05, 0.1) is 7.11 Å². The zero-order chi connectivity index (χ0) is 12.1. The van der Waals surface area contributed by atoms with E-state index in [0.717, 1.165) is 0 Å². The highest BCUT2D eigenvalue weighted by atomic mass is 16.5. The van der Waals surface area contributed by atoms with E-state index >= 15 is 0 Å². The molecule has 5 nitrogen and oxygen atoms in total. The van der Waals surface area contributed by atoms with E-state index in [-0.39, 0.29) is 17.2 Å². The molecule has 0 aliphatic carbocycles. The Morgan fingerprint density at radius 1 is 1.44 bits per heavy atom. The van der Waals surface area contributed by atoms with E-state index in [4.69, 9.17) is 0 Å². The minimum absolute atomic E-state index is 0.106. The van der Waals surface area contributed by atoms with Gasteiger partial charge in [-0.2, -0.15) is 0 Å². The van der Waals surface area contributed by atoms with Crippen molar-refractivity contribution in [2.24, 2.45) is 0 Å². The van der Waals surface area contributed by atoms with Crippen molar-refractivity contribution < 1.29 is 19.4 Å². The van der Waals surface area contributed by atoms with Gasteiger partial charge >= 0.3 is 5.97 Å². The molecule has 1 amide bonds. The van der Waals surface area contributed by atoms with Crippen molar-refractivity contribution in [3.8, 4) is 5.75 Å². The summed E-state index contributed by atoms with van der Waals surface area (Å²) in [6, 6.07) is 4.52. The lowest BCUT2D eigenvalue weighted by Gasteiger charge is -2.06. The molecule has 0 aromatic heterocycles. The highest BCUT2D eigenvalue weighted by Gasteiger charge is 2.11. The van der Waals surface area contributed by atoms with Crippen LogP contribution < -0.4 is 5.32 Å². The van der Waals surface area contributed by atoms with E-state index < -0.39 is 5.97 Å². The van der Waals surface area contributed by atoms with Crippen molar-refractivity contribution in [1.29, 1.82) is 0 Å². The number of esters is 1. The molecule has 0 saturated carbocycles. The fourth-order valence-electron chi connectivity index (χ4n) is 1.20. The van der Waals surface area contributed by atoms with Crippen LogP contribution in [0.4, 0.5) is 0 Å². The molecule has 2 N–H and O–H groups in total. The fraction of sp³-hybridized carbons (Fsp3) is 0.273. The van der Waals surface area contributed by atoms with Crippen molar-refractivity contribution in [3.63, 3.8) is 0 Å². The molecule has 1 aromatic carbocycles. The SMILES string of the molecule is COC(=O)c1ccc(CNC(C)=O)cc1O. The van der Waals surface area contributed by atoms with Crippen LogP contribution in [0.5, 0.6) is 5.75 Å². The number of phenols is 1. The molecule has 0 fully saturated rings. The van der Waals surface area contributed by atoms with Crippen LogP contribution in [0.15, 0.2) is 18.2 Å². The highest BCUT2D eigenvalue weighted by molar-refractivity contribution is 5.92. The minimum atomic E-state index is -0.594. The number of carbonyl (C=O) groups is 2. The molecule has 0 unspecified atom stereocenters. The molecule has 0 radical (unpaired) electrons. The van der Waals surface area contributed by atoms with Gasteiger partial charge in [-0.25, -0.2) is 4.79 Å². The number of amides is 1. The Bertz CT molecular complexity index is 414. The Morgan fingerprint density at radius 3 is 2.62 bits per heavy atom. The van der Waals surface area contributed by atoms with Crippen LogP contribution in [-0.2, 0) is 16.1 Å². The van der Waals surface area contributed by atoms with Gasteiger partial charge in [-0.15, -0.1) is 0 Å². The molecule has 0 atom stereocenters. The zero-order valence-corrected chi connectivity index (χ0v) is 9.11. The minimum Gasteiger partial charge on any atom is -0.507 e. The molecule has 5 heteroatoms. The normalized spacial score (nSPS) is 9.62. The lowest BCUT2D eigenvalue weighted by Crippen LogP contribution is -2.18. The summed E-state index contributed by atoms with van der Waals surface area (Å²) in [5.41, 5.74) is 0.814. The summed E-state index contributed by atoms with van der Waals surface area (Å²) in [6.45, 7) is 1.72. The molecule has 0 spiro atoms. The second-order valence-corrected chi connectivity index (χ2v) is 3.25. The standard InChI is InChI=1S/C11H13NO4/c1-7(13)12-6-8-3-4-9(10(14)5-8)11(15)16-2/h3-5,14H,6H2,1-2H3,(H,12,13). The third kappa shape index (κ3) is 2.98. The first kappa shape index (κ1) is 12.0. The van der Waals surface area contributed by atoms with E-state index in [2.05, 4.69) is 10.1 Å². The Labute approximate surface area is 93.0 Å². The van der Waals surface area contributed by atoms with Crippen LogP contribution in [-0.4, -0.2) is 24.1 Å². The Hall–Kier alpha value is -2.04. The van der Waals surface area contributed by atoms with Crippen molar-refractivity contribution in [2.45, 2.75) is 13.5 Å². The van der Waals surface area contributed by atoms with Gasteiger partial charge in [0.1, 0.15) is 11.3 Å². The molecule has 0 heterocycles. The van der Waals surface area contributed by atoms with Gasteiger partial charge in [-0.05, 0) is 17.7 Å². The predicted octanol–water partition coefficient (Wildman–Crippen LogP) is 0.815. The largest absolute Gasteiger partial charge is 0.507 e. The van der Waals surface area contributed by atoms with E-state index in [1.54, 1.807) is 6.07 Å². The van der Waals surface area contributed by atoms with Crippen molar-refractivity contribution in [2.75, 3.05) is 7.11 Å². The third-order valence-corrected chi connectivity index (χ3v) is 2.01. The third-order valence-electron chi connectivity index (χ3n) is 2.01. The van der Waals surface area contributed by atoms with Crippen LogP contribution in [0.3, 0.4) is 0 Å². The molecular weight excluding hydrogens is 210 g/mol. The van der Waals surface area contributed by atoms with Crippen LogP contribution >= 0.6 is 0 Å². The maximum absolute atomic E-state index is 11.2. The van der Waals surface area contributed by atoms with Crippen molar-refractivity contribution in [3.05, 3.63) is 29.3 Å². The molecule has 0 saturated heterocycles. The first-order valence-electron chi connectivity index (χ1n) is 4.69. The second kappa shape index (κ2) is 5.16. The molecule has 0 bridgehead atoms. The number of phenolic OH excluding ortho intramolecular Hbond substituents is 1. The van der Waals surface area contributed by atoms with Crippen LogP contribution in [0, 0.1) is 0 Å². The summed E-state index contributed by atoms with van der Waals surface area (Å²) in [6.07, 6.45) is 0.